The number of hydrogen-bond acceptors (Lipinski definition) is 6. The van der Waals surface area contributed by atoms with E-state index in [0.29, 0.717) is 0 Å². The van der Waals surface area contributed by atoms with Crippen LogP contribution in [-0.2, 0) is 0 Å². The summed E-state index contributed by atoms with van der Waals surface area (Å²) >= 11 is 1.73. The van der Waals surface area contributed by atoms with E-state index in [4.69, 9.17) is 4.98 Å². The Morgan fingerprint density at radius 3 is 2.55 bits per heavy atom. The van der Waals surface area contributed by atoms with Gasteiger partial charge in [0.25, 0.3) is 0 Å². The summed E-state index contributed by atoms with van der Waals surface area (Å²) in [7, 11) is 2.26. The Labute approximate surface area is 202 Å². The second kappa shape index (κ2) is 10.5. The molecular weight excluding hydrogens is 426 g/mol. The molecule has 4 heterocycles. The molecule has 2 aromatic heterocycles. The van der Waals surface area contributed by atoms with Crippen molar-refractivity contribution in [3.8, 4) is 11.1 Å². The van der Waals surface area contributed by atoms with Crippen LogP contribution in [0, 0.1) is 11.8 Å². The lowest BCUT2D eigenvalue weighted by Crippen LogP contribution is -2.39. The van der Waals surface area contributed by atoms with E-state index in [2.05, 4.69) is 69.4 Å². The normalized spacial score (nSPS) is 20.3. The van der Waals surface area contributed by atoms with Gasteiger partial charge in [-0.2, -0.15) is 0 Å². The summed E-state index contributed by atoms with van der Waals surface area (Å²) in [6, 6.07) is 10.7. The summed E-state index contributed by atoms with van der Waals surface area (Å²) in [5.74, 6) is 2.81. The maximum atomic E-state index is 4.78. The van der Waals surface area contributed by atoms with Gasteiger partial charge >= 0.3 is 0 Å². The third-order valence-electron chi connectivity index (χ3n) is 7.66. The highest BCUT2D eigenvalue weighted by Crippen LogP contribution is 2.38. The number of rotatable bonds is 8. The van der Waals surface area contributed by atoms with Crippen LogP contribution in [0.3, 0.4) is 0 Å². The van der Waals surface area contributed by atoms with Crippen LogP contribution in [0.25, 0.3) is 21.3 Å². The smallest absolute Gasteiger partial charge is 0.141 e. The first kappa shape index (κ1) is 22.8. The van der Waals surface area contributed by atoms with Gasteiger partial charge in [-0.05, 0) is 69.8 Å². The monoisotopic (exact) mass is 463 g/mol. The molecule has 2 aliphatic rings. The van der Waals surface area contributed by atoms with Crippen LogP contribution in [0.15, 0.2) is 42.0 Å². The average Bonchev–Trinajstić information content (AvgIpc) is 3.48. The Balaban J connectivity index is 1.22. The molecule has 0 amide bonds. The van der Waals surface area contributed by atoms with Crippen molar-refractivity contribution in [3.63, 3.8) is 0 Å². The molecule has 0 radical (unpaired) electrons. The fourth-order valence-corrected chi connectivity index (χ4v) is 6.54. The van der Waals surface area contributed by atoms with Crippen molar-refractivity contribution in [1.29, 1.82) is 0 Å². The minimum absolute atomic E-state index is 0.792. The summed E-state index contributed by atoms with van der Waals surface area (Å²) in [5.41, 5.74) is 2.52. The molecule has 0 N–H and O–H groups in total. The van der Waals surface area contributed by atoms with Gasteiger partial charge in [0.1, 0.15) is 17.0 Å². The van der Waals surface area contributed by atoms with Crippen molar-refractivity contribution in [3.05, 3.63) is 42.0 Å². The van der Waals surface area contributed by atoms with Crippen molar-refractivity contribution < 1.29 is 0 Å². The molecule has 5 nitrogen and oxygen atoms in total. The van der Waals surface area contributed by atoms with Crippen molar-refractivity contribution in [1.82, 2.24) is 19.8 Å². The summed E-state index contributed by atoms with van der Waals surface area (Å²) in [6.45, 7) is 10.8. The fraction of sp³-hybridized carbons (Fsp3) is 0.556. The second-order valence-electron chi connectivity index (χ2n) is 9.92. The van der Waals surface area contributed by atoms with Crippen LogP contribution in [0.4, 0.5) is 5.82 Å². The van der Waals surface area contributed by atoms with Crippen molar-refractivity contribution >= 4 is 27.4 Å². The van der Waals surface area contributed by atoms with Crippen LogP contribution in [0.5, 0.6) is 0 Å². The number of piperidine rings is 1. The average molecular weight is 464 g/mol. The summed E-state index contributed by atoms with van der Waals surface area (Å²) in [6.07, 6.45) is 6.98. The third-order valence-corrected chi connectivity index (χ3v) is 8.54. The molecule has 0 bridgehead atoms. The molecule has 1 atom stereocenters. The molecule has 0 aliphatic carbocycles. The number of hydrogen-bond donors (Lipinski definition) is 0. The number of aromatic nitrogens is 2. The Hall–Kier alpha value is -2.02. The number of thiophene rings is 1. The second-order valence-corrected chi connectivity index (χ2v) is 10.8. The van der Waals surface area contributed by atoms with Crippen molar-refractivity contribution in [2.75, 3.05) is 57.8 Å². The largest absolute Gasteiger partial charge is 0.356 e. The van der Waals surface area contributed by atoms with Crippen LogP contribution < -0.4 is 4.90 Å². The molecule has 0 spiro atoms. The van der Waals surface area contributed by atoms with E-state index >= 15 is 0 Å². The van der Waals surface area contributed by atoms with Crippen LogP contribution >= 0.6 is 11.3 Å². The van der Waals surface area contributed by atoms with E-state index in [0.717, 1.165) is 35.6 Å². The van der Waals surface area contributed by atoms with Gasteiger partial charge < -0.3 is 14.7 Å². The number of likely N-dealkylation sites (tertiary alicyclic amines) is 1. The zero-order valence-electron chi connectivity index (χ0n) is 20.1. The number of benzene rings is 1. The molecule has 2 saturated heterocycles. The Morgan fingerprint density at radius 2 is 1.82 bits per heavy atom. The van der Waals surface area contributed by atoms with Gasteiger partial charge in [0.05, 0.1) is 5.39 Å². The van der Waals surface area contributed by atoms with Crippen LogP contribution in [-0.4, -0.2) is 72.6 Å². The molecule has 2 fully saturated rings. The van der Waals surface area contributed by atoms with Gasteiger partial charge in [0.15, 0.2) is 0 Å². The molecule has 5 rings (SSSR count). The molecule has 3 aromatic rings. The molecule has 1 unspecified atom stereocenters. The van der Waals surface area contributed by atoms with Gasteiger partial charge in [-0.25, -0.2) is 9.97 Å². The maximum absolute atomic E-state index is 4.78. The third kappa shape index (κ3) is 5.23. The van der Waals surface area contributed by atoms with Crippen molar-refractivity contribution in [2.24, 2.45) is 11.8 Å². The molecule has 0 saturated carbocycles. The van der Waals surface area contributed by atoms with Crippen molar-refractivity contribution in [2.45, 2.75) is 32.6 Å². The zero-order valence-corrected chi connectivity index (χ0v) is 20.9. The Kier molecular flexibility index (Phi) is 7.24. The Bertz CT molecular complexity index is 1030. The number of anilines is 1. The lowest BCUT2D eigenvalue weighted by molar-refractivity contribution is 0.206. The topological polar surface area (TPSA) is 35.5 Å². The number of nitrogens with zero attached hydrogens (tertiary/aromatic N) is 5. The summed E-state index contributed by atoms with van der Waals surface area (Å²) in [5, 5.41) is 3.47. The predicted molar refractivity (Wildman–Crippen MR) is 140 cm³/mol. The first-order chi connectivity index (χ1) is 16.2. The molecule has 33 heavy (non-hydrogen) atoms. The summed E-state index contributed by atoms with van der Waals surface area (Å²) < 4.78 is 0. The van der Waals surface area contributed by atoms with Crippen LogP contribution in [0.1, 0.15) is 32.6 Å². The highest BCUT2D eigenvalue weighted by Gasteiger charge is 2.25. The van der Waals surface area contributed by atoms with Gasteiger partial charge in [0, 0.05) is 37.1 Å². The molecular formula is C27H37N5S. The first-order valence-corrected chi connectivity index (χ1v) is 13.5. The molecule has 176 valence electrons. The van der Waals surface area contributed by atoms with E-state index in [1.165, 1.54) is 74.9 Å². The fourth-order valence-electron chi connectivity index (χ4n) is 5.63. The van der Waals surface area contributed by atoms with E-state index < -0.39 is 0 Å². The van der Waals surface area contributed by atoms with E-state index in [9.17, 15) is 0 Å². The number of fused-ring (bicyclic) bond motifs is 1. The van der Waals surface area contributed by atoms with E-state index in [1.807, 2.05) is 0 Å². The summed E-state index contributed by atoms with van der Waals surface area (Å²) in [4.78, 5) is 18.1. The predicted octanol–water partition coefficient (Wildman–Crippen LogP) is 5.24. The lowest BCUT2D eigenvalue weighted by Gasteiger charge is -2.35. The van der Waals surface area contributed by atoms with Gasteiger partial charge in [-0.3, -0.25) is 0 Å². The first-order valence-electron chi connectivity index (χ1n) is 12.6. The van der Waals surface area contributed by atoms with Crippen LogP contribution in [0.2, 0.25) is 0 Å². The standard InChI is InChI=1S/C27H37N5S/c1-3-31(14-10-21-9-13-30(2)17-21)18-22-11-15-32(16-12-22)26-25-24(23-7-5-4-6-8-23)19-33-27(25)29-20-28-26/h4-8,19-22H,3,9-18H2,1-2H3. The lowest BCUT2D eigenvalue weighted by atomic mass is 9.95. The molecule has 6 heteroatoms. The SMILES string of the molecule is CCN(CCC1CCN(C)C1)CC1CCN(c2ncnc3scc(-c4ccccc4)c23)CC1. The minimum atomic E-state index is 0.792. The molecule has 2 aliphatic heterocycles. The minimum Gasteiger partial charge on any atom is -0.356 e. The maximum Gasteiger partial charge on any atom is 0.141 e. The zero-order chi connectivity index (χ0) is 22.6. The highest BCUT2D eigenvalue weighted by atomic mass is 32.1. The van der Waals surface area contributed by atoms with E-state index in [1.54, 1.807) is 17.7 Å². The van der Waals surface area contributed by atoms with Gasteiger partial charge in [0.2, 0.25) is 0 Å². The highest BCUT2D eigenvalue weighted by molar-refractivity contribution is 7.17. The molecule has 1 aromatic carbocycles. The van der Waals surface area contributed by atoms with Gasteiger partial charge in [-0.15, -0.1) is 11.3 Å². The van der Waals surface area contributed by atoms with E-state index in [-0.39, 0.29) is 0 Å². The Morgan fingerprint density at radius 1 is 1.03 bits per heavy atom. The van der Waals surface area contributed by atoms with Gasteiger partial charge in [-0.1, -0.05) is 37.3 Å². The quantitative estimate of drug-likeness (QED) is 0.457.